The SMILES string of the molecule is CCc1nnc(Cl)n1C1CCc2ccccc2C1. The number of aryl methyl sites for hydroxylation is 2. The summed E-state index contributed by atoms with van der Waals surface area (Å²) in [6, 6.07) is 9.06. The average molecular weight is 262 g/mol. The van der Waals surface area contributed by atoms with Gasteiger partial charge in [-0.25, -0.2) is 0 Å². The van der Waals surface area contributed by atoms with Crippen LogP contribution in [0.4, 0.5) is 0 Å². The summed E-state index contributed by atoms with van der Waals surface area (Å²) in [6.45, 7) is 2.09. The lowest BCUT2D eigenvalue weighted by Crippen LogP contribution is -2.20. The van der Waals surface area contributed by atoms with Crippen LogP contribution >= 0.6 is 11.6 Å². The number of hydrogen-bond acceptors (Lipinski definition) is 2. The molecule has 0 N–H and O–H groups in total. The summed E-state index contributed by atoms with van der Waals surface area (Å²) in [5, 5.41) is 8.67. The second-order valence-corrected chi connectivity index (χ2v) is 5.11. The van der Waals surface area contributed by atoms with Gasteiger partial charge in [0, 0.05) is 12.5 Å². The molecule has 0 amide bonds. The summed E-state index contributed by atoms with van der Waals surface area (Å²) in [5.41, 5.74) is 2.90. The Hall–Kier alpha value is -1.35. The Bertz CT molecular complexity index is 562. The van der Waals surface area contributed by atoms with E-state index in [1.54, 1.807) is 0 Å². The number of nitrogens with zero attached hydrogens (tertiary/aromatic N) is 3. The number of benzene rings is 1. The third kappa shape index (κ3) is 1.93. The van der Waals surface area contributed by atoms with Crippen LogP contribution in [0.2, 0.25) is 5.28 Å². The topological polar surface area (TPSA) is 30.7 Å². The average Bonchev–Trinajstić information content (AvgIpc) is 2.79. The molecule has 0 fully saturated rings. The summed E-state index contributed by atoms with van der Waals surface area (Å²) in [5.74, 6) is 0.990. The Kier molecular flexibility index (Phi) is 3.08. The maximum Gasteiger partial charge on any atom is 0.225 e. The first-order valence-electron chi connectivity index (χ1n) is 6.45. The zero-order chi connectivity index (χ0) is 12.5. The van der Waals surface area contributed by atoms with Crippen molar-refractivity contribution in [3.05, 3.63) is 46.5 Å². The van der Waals surface area contributed by atoms with Crippen molar-refractivity contribution in [1.29, 1.82) is 0 Å². The van der Waals surface area contributed by atoms with E-state index < -0.39 is 0 Å². The molecule has 0 saturated carbocycles. The molecule has 0 bridgehead atoms. The van der Waals surface area contributed by atoms with E-state index in [0.717, 1.165) is 31.5 Å². The highest BCUT2D eigenvalue weighted by molar-refractivity contribution is 6.28. The minimum atomic E-state index is 0.400. The van der Waals surface area contributed by atoms with Gasteiger partial charge in [0.2, 0.25) is 5.28 Å². The highest BCUT2D eigenvalue weighted by atomic mass is 35.5. The molecule has 94 valence electrons. The summed E-state index contributed by atoms with van der Waals surface area (Å²) in [6.07, 6.45) is 4.12. The second-order valence-electron chi connectivity index (χ2n) is 4.77. The van der Waals surface area contributed by atoms with Gasteiger partial charge in [0.25, 0.3) is 0 Å². The molecule has 1 aromatic carbocycles. The van der Waals surface area contributed by atoms with Gasteiger partial charge in [-0.1, -0.05) is 31.2 Å². The van der Waals surface area contributed by atoms with Crippen LogP contribution in [0.1, 0.15) is 36.3 Å². The van der Waals surface area contributed by atoms with Gasteiger partial charge in [0.15, 0.2) is 0 Å². The van der Waals surface area contributed by atoms with Gasteiger partial charge in [-0.2, -0.15) is 0 Å². The maximum atomic E-state index is 6.17. The van der Waals surface area contributed by atoms with E-state index in [-0.39, 0.29) is 0 Å². The minimum Gasteiger partial charge on any atom is -0.298 e. The standard InChI is InChI=1S/C14H16ClN3/c1-2-13-16-17-14(15)18(13)12-8-7-10-5-3-4-6-11(10)9-12/h3-6,12H,2,7-9H2,1H3. The molecule has 0 saturated heterocycles. The Morgan fingerprint density at radius 1 is 1.28 bits per heavy atom. The fourth-order valence-corrected chi connectivity index (χ4v) is 3.08. The molecule has 1 atom stereocenters. The molecule has 4 heteroatoms. The van der Waals surface area contributed by atoms with Crippen molar-refractivity contribution in [1.82, 2.24) is 14.8 Å². The van der Waals surface area contributed by atoms with Gasteiger partial charge >= 0.3 is 0 Å². The number of halogens is 1. The summed E-state index contributed by atoms with van der Waals surface area (Å²) in [4.78, 5) is 0. The van der Waals surface area contributed by atoms with E-state index in [4.69, 9.17) is 11.6 Å². The van der Waals surface area contributed by atoms with Gasteiger partial charge in [0.05, 0.1) is 0 Å². The van der Waals surface area contributed by atoms with Gasteiger partial charge in [-0.3, -0.25) is 4.57 Å². The van der Waals surface area contributed by atoms with Crippen LogP contribution in [0.3, 0.4) is 0 Å². The van der Waals surface area contributed by atoms with Crippen molar-refractivity contribution in [2.24, 2.45) is 0 Å². The van der Waals surface area contributed by atoms with Gasteiger partial charge in [0.1, 0.15) is 5.82 Å². The smallest absolute Gasteiger partial charge is 0.225 e. The molecular formula is C14H16ClN3. The fourth-order valence-electron chi connectivity index (χ4n) is 2.80. The monoisotopic (exact) mass is 261 g/mol. The molecule has 3 rings (SSSR count). The molecule has 2 aromatic rings. The van der Waals surface area contributed by atoms with Crippen molar-refractivity contribution in [3.63, 3.8) is 0 Å². The van der Waals surface area contributed by atoms with Crippen molar-refractivity contribution in [2.75, 3.05) is 0 Å². The number of fused-ring (bicyclic) bond motifs is 1. The number of rotatable bonds is 2. The quantitative estimate of drug-likeness (QED) is 0.831. The molecule has 1 aliphatic carbocycles. The predicted molar refractivity (Wildman–Crippen MR) is 71.9 cm³/mol. The molecule has 1 heterocycles. The predicted octanol–water partition coefficient (Wildman–Crippen LogP) is 3.22. The van der Waals surface area contributed by atoms with Gasteiger partial charge in [-0.15, -0.1) is 10.2 Å². The third-order valence-electron chi connectivity index (χ3n) is 3.73. The van der Waals surface area contributed by atoms with Crippen LogP contribution in [0.15, 0.2) is 24.3 Å². The van der Waals surface area contributed by atoms with E-state index in [1.807, 2.05) is 0 Å². The van der Waals surface area contributed by atoms with E-state index in [9.17, 15) is 0 Å². The van der Waals surface area contributed by atoms with Crippen LogP contribution in [-0.2, 0) is 19.3 Å². The van der Waals surface area contributed by atoms with E-state index in [2.05, 4.69) is 46.0 Å². The molecule has 0 spiro atoms. The van der Waals surface area contributed by atoms with E-state index in [0.29, 0.717) is 11.3 Å². The molecular weight excluding hydrogens is 246 g/mol. The lowest BCUT2D eigenvalue weighted by molar-refractivity contribution is 0.430. The largest absolute Gasteiger partial charge is 0.298 e. The molecule has 3 nitrogen and oxygen atoms in total. The Morgan fingerprint density at radius 2 is 2.06 bits per heavy atom. The summed E-state index contributed by atoms with van der Waals surface area (Å²) >= 11 is 6.17. The fraction of sp³-hybridized carbons (Fsp3) is 0.429. The lowest BCUT2D eigenvalue weighted by atomic mass is 9.88. The summed E-state index contributed by atoms with van der Waals surface area (Å²) < 4.78 is 2.11. The third-order valence-corrected chi connectivity index (χ3v) is 3.98. The summed E-state index contributed by atoms with van der Waals surface area (Å²) in [7, 11) is 0. The van der Waals surface area contributed by atoms with E-state index >= 15 is 0 Å². The Labute approximate surface area is 112 Å². The molecule has 18 heavy (non-hydrogen) atoms. The second kappa shape index (κ2) is 4.73. The van der Waals surface area contributed by atoms with Crippen molar-refractivity contribution in [3.8, 4) is 0 Å². The van der Waals surface area contributed by atoms with Crippen LogP contribution in [0, 0.1) is 0 Å². The van der Waals surface area contributed by atoms with E-state index in [1.165, 1.54) is 11.1 Å². The minimum absolute atomic E-state index is 0.400. The lowest BCUT2D eigenvalue weighted by Gasteiger charge is -2.26. The normalized spacial score (nSPS) is 18.7. The first-order chi connectivity index (χ1) is 8.79. The molecule has 0 aliphatic heterocycles. The van der Waals surface area contributed by atoms with Crippen molar-refractivity contribution in [2.45, 2.75) is 38.6 Å². The van der Waals surface area contributed by atoms with Crippen LogP contribution < -0.4 is 0 Å². The number of hydrogen-bond donors (Lipinski definition) is 0. The highest BCUT2D eigenvalue weighted by Gasteiger charge is 2.23. The van der Waals surface area contributed by atoms with Crippen LogP contribution in [-0.4, -0.2) is 14.8 Å². The molecule has 1 aliphatic rings. The Morgan fingerprint density at radius 3 is 2.83 bits per heavy atom. The zero-order valence-corrected chi connectivity index (χ0v) is 11.2. The van der Waals surface area contributed by atoms with Crippen molar-refractivity contribution < 1.29 is 0 Å². The van der Waals surface area contributed by atoms with Crippen LogP contribution in [0.25, 0.3) is 0 Å². The first-order valence-corrected chi connectivity index (χ1v) is 6.83. The maximum absolute atomic E-state index is 6.17. The van der Waals surface area contributed by atoms with Crippen LogP contribution in [0.5, 0.6) is 0 Å². The Balaban J connectivity index is 1.94. The molecule has 1 aromatic heterocycles. The van der Waals surface area contributed by atoms with Gasteiger partial charge < -0.3 is 0 Å². The number of aromatic nitrogens is 3. The van der Waals surface area contributed by atoms with Crippen molar-refractivity contribution >= 4 is 11.6 Å². The first kappa shape index (κ1) is 11.7. The molecule has 0 radical (unpaired) electrons. The molecule has 1 unspecified atom stereocenters. The highest BCUT2D eigenvalue weighted by Crippen LogP contribution is 2.31. The zero-order valence-electron chi connectivity index (χ0n) is 10.4. The van der Waals surface area contributed by atoms with Gasteiger partial charge in [-0.05, 0) is 42.0 Å².